The molecule has 0 heterocycles. The van der Waals surface area contributed by atoms with E-state index in [-0.39, 0.29) is 18.4 Å². The fourth-order valence-electron chi connectivity index (χ4n) is 2.76. The van der Waals surface area contributed by atoms with Gasteiger partial charge in [0.1, 0.15) is 11.9 Å². The fraction of sp³-hybridized carbons (Fsp3) is 0.304. The highest BCUT2D eigenvalue weighted by Crippen LogP contribution is 2.17. The molecule has 2 aromatic carbocycles. The van der Waals surface area contributed by atoms with Crippen LogP contribution in [0.5, 0.6) is 0 Å². The van der Waals surface area contributed by atoms with Gasteiger partial charge in [0.2, 0.25) is 5.91 Å². The average Bonchev–Trinajstić information content (AvgIpc) is 2.75. The third kappa shape index (κ3) is 7.82. The van der Waals surface area contributed by atoms with Gasteiger partial charge >= 0.3 is 5.97 Å². The summed E-state index contributed by atoms with van der Waals surface area (Å²) in [4.78, 5) is 48.0. The standard InChI is InChI=1S/C23H26FN3O5/c1-14(2)15-5-9-18(10-6-15)26-21(29)13-32-23(31)19(11-12-20(25)28)27-22(30)16-3-7-17(24)8-4-16/h3-10,14,19H,11-13H2,1-2H3,(H2,25,28)(H,26,29)(H,27,30)/t19-/m1/s1. The largest absolute Gasteiger partial charge is 0.454 e. The molecule has 0 spiro atoms. The first-order chi connectivity index (χ1) is 15.2. The molecule has 2 aromatic rings. The lowest BCUT2D eigenvalue weighted by atomic mass is 10.0. The van der Waals surface area contributed by atoms with Gasteiger partial charge in [0.25, 0.3) is 11.8 Å². The minimum absolute atomic E-state index is 0.112. The van der Waals surface area contributed by atoms with E-state index in [9.17, 15) is 23.6 Å². The fourth-order valence-corrected chi connectivity index (χ4v) is 2.76. The van der Waals surface area contributed by atoms with Crippen molar-refractivity contribution in [2.45, 2.75) is 38.6 Å². The van der Waals surface area contributed by atoms with Gasteiger partial charge in [-0.25, -0.2) is 9.18 Å². The van der Waals surface area contributed by atoms with Crippen molar-refractivity contribution in [2.24, 2.45) is 5.73 Å². The summed E-state index contributed by atoms with van der Waals surface area (Å²) in [6.45, 7) is 3.53. The highest BCUT2D eigenvalue weighted by molar-refractivity contribution is 5.97. The summed E-state index contributed by atoms with van der Waals surface area (Å²) in [5, 5.41) is 5.03. The van der Waals surface area contributed by atoms with Crippen molar-refractivity contribution in [1.29, 1.82) is 0 Å². The molecule has 8 nitrogen and oxygen atoms in total. The van der Waals surface area contributed by atoms with E-state index in [4.69, 9.17) is 10.5 Å². The topological polar surface area (TPSA) is 128 Å². The summed E-state index contributed by atoms with van der Waals surface area (Å²) in [7, 11) is 0. The molecule has 2 rings (SSSR count). The average molecular weight is 443 g/mol. The third-order valence-electron chi connectivity index (χ3n) is 4.58. The summed E-state index contributed by atoms with van der Waals surface area (Å²) in [6, 6.07) is 10.7. The Morgan fingerprint density at radius 3 is 2.19 bits per heavy atom. The van der Waals surface area contributed by atoms with Gasteiger partial charge in [-0.3, -0.25) is 14.4 Å². The zero-order valence-corrected chi connectivity index (χ0v) is 17.9. The van der Waals surface area contributed by atoms with Crippen LogP contribution in [0, 0.1) is 5.82 Å². The highest BCUT2D eigenvalue weighted by Gasteiger charge is 2.24. The van der Waals surface area contributed by atoms with Gasteiger partial charge in [0.15, 0.2) is 6.61 Å². The van der Waals surface area contributed by atoms with Gasteiger partial charge in [-0.05, 0) is 54.3 Å². The molecule has 0 bridgehead atoms. The number of carbonyl (C=O) groups is 4. The number of benzene rings is 2. The molecule has 32 heavy (non-hydrogen) atoms. The molecule has 0 aliphatic carbocycles. The number of hydrogen-bond acceptors (Lipinski definition) is 5. The van der Waals surface area contributed by atoms with Crippen molar-refractivity contribution in [2.75, 3.05) is 11.9 Å². The van der Waals surface area contributed by atoms with Crippen LogP contribution in [0.15, 0.2) is 48.5 Å². The number of anilines is 1. The molecule has 0 unspecified atom stereocenters. The van der Waals surface area contributed by atoms with Crippen molar-refractivity contribution >= 4 is 29.4 Å². The Kier molecular flexibility index (Phi) is 8.88. The summed E-state index contributed by atoms with van der Waals surface area (Å²) in [6.07, 6.45) is -0.294. The maximum Gasteiger partial charge on any atom is 0.329 e. The van der Waals surface area contributed by atoms with Crippen LogP contribution in [0.1, 0.15) is 48.5 Å². The molecule has 0 radical (unpaired) electrons. The molecule has 0 aliphatic rings. The normalized spacial score (nSPS) is 11.5. The molecule has 0 aliphatic heterocycles. The Morgan fingerprint density at radius 2 is 1.62 bits per heavy atom. The second-order valence-electron chi connectivity index (χ2n) is 7.47. The van der Waals surface area contributed by atoms with Crippen LogP contribution in [-0.4, -0.2) is 36.3 Å². The SMILES string of the molecule is CC(C)c1ccc(NC(=O)COC(=O)[C@@H](CCC(N)=O)NC(=O)c2ccc(F)cc2)cc1. The summed E-state index contributed by atoms with van der Waals surface area (Å²) < 4.78 is 18.1. The van der Waals surface area contributed by atoms with Crippen molar-refractivity contribution < 1.29 is 28.3 Å². The van der Waals surface area contributed by atoms with Crippen LogP contribution in [-0.2, 0) is 19.1 Å². The lowest BCUT2D eigenvalue weighted by Crippen LogP contribution is -2.43. The van der Waals surface area contributed by atoms with Gasteiger partial charge < -0.3 is 21.1 Å². The summed E-state index contributed by atoms with van der Waals surface area (Å²) >= 11 is 0. The monoisotopic (exact) mass is 443 g/mol. The third-order valence-corrected chi connectivity index (χ3v) is 4.58. The second-order valence-corrected chi connectivity index (χ2v) is 7.47. The predicted octanol–water partition coefficient (Wildman–Crippen LogP) is 2.49. The molecule has 0 aromatic heterocycles. The van der Waals surface area contributed by atoms with Gasteiger partial charge in [0.05, 0.1) is 0 Å². The van der Waals surface area contributed by atoms with Gasteiger partial charge in [-0.1, -0.05) is 26.0 Å². The maximum atomic E-state index is 13.0. The summed E-state index contributed by atoms with van der Waals surface area (Å²) in [5.41, 5.74) is 6.90. The van der Waals surface area contributed by atoms with Crippen LogP contribution >= 0.6 is 0 Å². The van der Waals surface area contributed by atoms with E-state index in [0.29, 0.717) is 11.6 Å². The van der Waals surface area contributed by atoms with E-state index in [2.05, 4.69) is 24.5 Å². The van der Waals surface area contributed by atoms with E-state index in [1.807, 2.05) is 12.1 Å². The van der Waals surface area contributed by atoms with Crippen LogP contribution in [0.2, 0.25) is 0 Å². The minimum atomic E-state index is -1.21. The minimum Gasteiger partial charge on any atom is -0.454 e. The van der Waals surface area contributed by atoms with Crippen molar-refractivity contribution in [1.82, 2.24) is 5.32 Å². The number of esters is 1. The van der Waals surface area contributed by atoms with Crippen LogP contribution in [0.4, 0.5) is 10.1 Å². The predicted molar refractivity (Wildman–Crippen MR) is 116 cm³/mol. The van der Waals surface area contributed by atoms with Crippen LogP contribution < -0.4 is 16.4 Å². The second kappa shape index (κ2) is 11.6. The van der Waals surface area contributed by atoms with E-state index in [0.717, 1.165) is 17.7 Å². The molecule has 4 N–H and O–H groups in total. The first-order valence-electron chi connectivity index (χ1n) is 10.1. The quantitative estimate of drug-likeness (QED) is 0.486. The number of hydrogen-bond donors (Lipinski definition) is 3. The molecular weight excluding hydrogens is 417 g/mol. The van der Waals surface area contributed by atoms with Crippen LogP contribution in [0.3, 0.4) is 0 Å². The Labute approximate surface area is 185 Å². The van der Waals surface area contributed by atoms with Gasteiger partial charge in [-0.2, -0.15) is 0 Å². The first kappa shape index (κ1) is 24.5. The number of nitrogens with two attached hydrogens (primary N) is 1. The number of nitrogens with one attached hydrogen (secondary N) is 2. The molecule has 0 saturated carbocycles. The van der Waals surface area contributed by atoms with Crippen molar-refractivity contribution in [3.63, 3.8) is 0 Å². The Balaban J connectivity index is 1.94. The molecule has 9 heteroatoms. The Bertz CT molecular complexity index is 959. The highest BCUT2D eigenvalue weighted by atomic mass is 19.1. The lowest BCUT2D eigenvalue weighted by Gasteiger charge is -2.17. The zero-order chi connectivity index (χ0) is 23.7. The number of carbonyl (C=O) groups excluding carboxylic acids is 4. The number of rotatable bonds is 10. The van der Waals surface area contributed by atoms with Crippen molar-refractivity contribution in [3.8, 4) is 0 Å². The first-order valence-corrected chi connectivity index (χ1v) is 10.1. The maximum absolute atomic E-state index is 13.0. The number of primary amides is 1. The molecule has 0 saturated heterocycles. The number of ether oxygens (including phenoxy) is 1. The molecular formula is C23H26FN3O5. The van der Waals surface area contributed by atoms with E-state index in [1.165, 1.54) is 12.1 Å². The zero-order valence-electron chi connectivity index (χ0n) is 17.9. The molecule has 1 atom stereocenters. The lowest BCUT2D eigenvalue weighted by molar-refractivity contribution is -0.149. The van der Waals surface area contributed by atoms with Crippen molar-refractivity contribution in [3.05, 3.63) is 65.5 Å². The summed E-state index contributed by atoms with van der Waals surface area (Å²) in [5.74, 6) is -2.95. The van der Waals surface area contributed by atoms with E-state index < -0.39 is 42.2 Å². The van der Waals surface area contributed by atoms with E-state index >= 15 is 0 Å². The number of amides is 3. The van der Waals surface area contributed by atoms with E-state index in [1.54, 1.807) is 12.1 Å². The Hall–Kier alpha value is -3.75. The molecule has 0 fully saturated rings. The Morgan fingerprint density at radius 1 is 1.00 bits per heavy atom. The smallest absolute Gasteiger partial charge is 0.329 e. The molecule has 3 amide bonds. The number of halogens is 1. The van der Waals surface area contributed by atoms with Gasteiger partial charge in [0, 0.05) is 17.7 Å². The van der Waals surface area contributed by atoms with Crippen LogP contribution in [0.25, 0.3) is 0 Å². The molecule has 170 valence electrons. The van der Waals surface area contributed by atoms with Gasteiger partial charge in [-0.15, -0.1) is 0 Å².